The number of rotatable bonds is 6. The van der Waals surface area contributed by atoms with Gasteiger partial charge < -0.3 is 10.1 Å². The maximum Gasteiger partial charge on any atom is 0.237 e. The van der Waals surface area contributed by atoms with Gasteiger partial charge in [-0.1, -0.05) is 32.4 Å². The fourth-order valence-corrected chi connectivity index (χ4v) is 4.09. The van der Waals surface area contributed by atoms with Crippen molar-refractivity contribution < 1.29 is 4.74 Å². The van der Waals surface area contributed by atoms with Crippen LogP contribution in [-0.2, 0) is 5.54 Å². The smallest absolute Gasteiger partial charge is 0.237 e. The van der Waals surface area contributed by atoms with E-state index in [0.717, 1.165) is 17.3 Å². The number of nitrogens with zero attached hydrogens (tertiary/aromatic N) is 5. The number of anilines is 2. The molecule has 2 heterocycles. The van der Waals surface area contributed by atoms with Crippen LogP contribution in [0.5, 0.6) is 5.88 Å². The lowest BCUT2D eigenvalue weighted by atomic mass is 9.70. The van der Waals surface area contributed by atoms with Gasteiger partial charge in [0.25, 0.3) is 0 Å². The van der Waals surface area contributed by atoms with Gasteiger partial charge in [-0.25, -0.2) is 4.98 Å². The van der Waals surface area contributed by atoms with E-state index in [1.165, 1.54) is 25.7 Å². The van der Waals surface area contributed by atoms with Crippen molar-refractivity contribution in [2.75, 3.05) is 11.9 Å². The lowest BCUT2D eigenvalue weighted by molar-refractivity contribution is 0.120. The quantitative estimate of drug-likeness (QED) is 0.599. The highest BCUT2D eigenvalue weighted by atomic mass is 35.5. The first kappa shape index (κ1) is 23.3. The molecule has 0 bridgehead atoms. The van der Waals surface area contributed by atoms with Crippen molar-refractivity contribution in [3.8, 4) is 11.9 Å². The minimum absolute atomic E-state index is 0.372. The summed E-state index contributed by atoms with van der Waals surface area (Å²) in [5.41, 5.74) is 1.11. The molecule has 31 heavy (non-hydrogen) atoms. The molecule has 0 spiro atoms. The molecule has 1 saturated carbocycles. The highest BCUT2D eigenvalue weighted by molar-refractivity contribution is 6.31. The predicted octanol–water partition coefficient (Wildman–Crippen LogP) is 5.87. The zero-order chi connectivity index (χ0) is 22.8. The second-order valence-corrected chi connectivity index (χ2v) is 10.5. The molecule has 0 aromatic carbocycles. The van der Waals surface area contributed by atoms with Gasteiger partial charge in [0, 0.05) is 0 Å². The molecule has 2 aromatic rings. The molecule has 7 nitrogen and oxygen atoms in total. The molecular weight excluding hydrogens is 412 g/mol. The minimum Gasteiger partial charge on any atom is -0.476 e. The topological polar surface area (TPSA) is 88.7 Å². The molecule has 168 valence electrons. The summed E-state index contributed by atoms with van der Waals surface area (Å²) in [4.78, 5) is 8.72. The summed E-state index contributed by atoms with van der Waals surface area (Å²) in [7, 11) is 0. The summed E-state index contributed by atoms with van der Waals surface area (Å²) in [5.74, 6) is 2.07. The molecule has 8 heteroatoms. The van der Waals surface area contributed by atoms with Gasteiger partial charge in [0.1, 0.15) is 10.6 Å². The molecule has 0 unspecified atom stereocenters. The molecule has 1 N–H and O–H groups in total. The second-order valence-electron chi connectivity index (χ2n) is 10.1. The van der Waals surface area contributed by atoms with Crippen molar-refractivity contribution in [3.05, 3.63) is 23.1 Å². The summed E-state index contributed by atoms with van der Waals surface area (Å²) in [6.45, 7) is 13.1. The van der Waals surface area contributed by atoms with E-state index in [9.17, 15) is 5.26 Å². The lowest BCUT2D eigenvalue weighted by Crippen LogP contribution is -2.28. The number of nitrogens with one attached hydrogen (secondary N) is 1. The Hall–Kier alpha value is -2.33. The minimum atomic E-state index is -0.744. The maximum absolute atomic E-state index is 9.34. The van der Waals surface area contributed by atoms with Crippen LogP contribution < -0.4 is 10.1 Å². The third-order valence-corrected chi connectivity index (χ3v) is 6.49. The van der Waals surface area contributed by atoms with Crippen LogP contribution in [0.3, 0.4) is 0 Å². The van der Waals surface area contributed by atoms with E-state index in [4.69, 9.17) is 16.3 Å². The van der Waals surface area contributed by atoms with E-state index in [2.05, 4.69) is 47.2 Å². The number of hydrogen-bond acceptors (Lipinski definition) is 6. The van der Waals surface area contributed by atoms with Crippen LogP contribution in [0.25, 0.3) is 0 Å². The van der Waals surface area contributed by atoms with Crippen molar-refractivity contribution >= 4 is 23.2 Å². The fourth-order valence-electron chi connectivity index (χ4n) is 3.95. The molecule has 1 fully saturated rings. The number of aromatic nitrogens is 4. The number of ether oxygens (including phenoxy) is 1. The van der Waals surface area contributed by atoms with Crippen LogP contribution in [0.4, 0.5) is 11.6 Å². The molecule has 0 atom stereocenters. The Morgan fingerprint density at radius 1 is 1.23 bits per heavy atom. The molecule has 1 aliphatic rings. The third-order valence-electron chi connectivity index (χ3n) is 6.23. The van der Waals surface area contributed by atoms with Crippen LogP contribution in [-0.4, -0.2) is 26.4 Å². The Morgan fingerprint density at radius 3 is 2.52 bits per heavy atom. The van der Waals surface area contributed by atoms with Crippen LogP contribution in [0.1, 0.15) is 66.0 Å². The van der Waals surface area contributed by atoms with Gasteiger partial charge in [-0.05, 0) is 63.7 Å². The van der Waals surface area contributed by atoms with Crippen LogP contribution in [0.2, 0.25) is 5.02 Å². The van der Waals surface area contributed by atoms with Gasteiger partial charge in [0.05, 0.1) is 36.5 Å². The maximum atomic E-state index is 9.34. The molecular formula is C23H33ClN6O. The Kier molecular flexibility index (Phi) is 6.80. The van der Waals surface area contributed by atoms with Gasteiger partial charge >= 0.3 is 0 Å². The number of nitriles is 1. The van der Waals surface area contributed by atoms with Crippen molar-refractivity contribution in [1.29, 1.82) is 5.26 Å². The van der Waals surface area contributed by atoms with Crippen molar-refractivity contribution in [2.45, 2.75) is 72.8 Å². The third kappa shape index (κ3) is 5.68. The molecule has 2 aromatic heterocycles. The summed E-state index contributed by atoms with van der Waals surface area (Å²) in [5, 5.41) is 17.3. The standard InChI is InChI=1S/C23H33ClN6O/c1-15-19(12-30(29-15)23(5,6)14-25)27-21-26-11-18(24)20(28-21)31-13-16-7-9-17(10-8-16)22(2,3)4/h11-12,16-17H,7-10,13H2,1-6H3,(H,26,27,28). The number of hydrogen-bond donors (Lipinski definition) is 1. The molecule has 0 radical (unpaired) electrons. The Balaban J connectivity index is 1.63. The number of aryl methyl sites for hydroxylation is 1. The Morgan fingerprint density at radius 2 is 1.90 bits per heavy atom. The van der Waals surface area contributed by atoms with Crippen LogP contribution >= 0.6 is 11.6 Å². The normalized spacial score (nSPS) is 19.7. The highest BCUT2D eigenvalue weighted by Gasteiger charge is 2.30. The van der Waals surface area contributed by atoms with Crippen LogP contribution in [0, 0.1) is 35.5 Å². The summed E-state index contributed by atoms with van der Waals surface area (Å²) < 4.78 is 7.63. The zero-order valence-corrected chi connectivity index (χ0v) is 20.1. The largest absolute Gasteiger partial charge is 0.476 e. The Labute approximate surface area is 190 Å². The van der Waals surface area contributed by atoms with E-state index in [0.29, 0.717) is 34.8 Å². The first-order valence-corrected chi connectivity index (χ1v) is 11.3. The molecule has 0 amide bonds. The molecule has 0 aliphatic heterocycles. The second kappa shape index (κ2) is 9.04. The van der Waals surface area contributed by atoms with E-state index in [1.54, 1.807) is 17.1 Å². The van der Waals surface area contributed by atoms with E-state index in [1.807, 2.05) is 20.8 Å². The summed E-state index contributed by atoms with van der Waals surface area (Å²) in [6.07, 6.45) is 8.15. The van der Waals surface area contributed by atoms with E-state index < -0.39 is 5.54 Å². The Bertz CT molecular complexity index is 948. The first-order valence-electron chi connectivity index (χ1n) is 10.9. The van der Waals surface area contributed by atoms with E-state index in [-0.39, 0.29) is 0 Å². The van der Waals surface area contributed by atoms with Gasteiger partial charge in [-0.2, -0.15) is 15.3 Å². The average molecular weight is 445 g/mol. The summed E-state index contributed by atoms with van der Waals surface area (Å²) in [6, 6.07) is 2.24. The molecule has 3 rings (SSSR count). The first-order chi connectivity index (χ1) is 14.5. The van der Waals surface area contributed by atoms with Gasteiger partial charge in [-0.15, -0.1) is 0 Å². The highest BCUT2D eigenvalue weighted by Crippen LogP contribution is 2.40. The van der Waals surface area contributed by atoms with Crippen LogP contribution in [0.15, 0.2) is 12.4 Å². The molecule has 0 saturated heterocycles. The van der Waals surface area contributed by atoms with Gasteiger partial charge in [0.15, 0.2) is 0 Å². The zero-order valence-electron chi connectivity index (χ0n) is 19.4. The monoisotopic (exact) mass is 444 g/mol. The predicted molar refractivity (Wildman–Crippen MR) is 123 cm³/mol. The lowest BCUT2D eigenvalue weighted by Gasteiger charge is -2.36. The summed E-state index contributed by atoms with van der Waals surface area (Å²) >= 11 is 6.28. The van der Waals surface area contributed by atoms with Gasteiger partial charge in [0.2, 0.25) is 11.8 Å². The average Bonchev–Trinajstić information content (AvgIpc) is 3.09. The van der Waals surface area contributed by atoms with Gasteiger partial charge in [-0.3, -0.25) is 4.68 Å². The number of halogens is 1. The van der Waals surface area contributed by atoms with E-state index >= 15 is 0 Å². The molecule has 1 aliphatic carbocycles. The van der Waals surface area contributed by atoms with Crippen molar-refractivity contribution in [2.24, 2.45) is 17.3 Å². The van der Waals surface area contributed by atoms with Crippen molar-refractivity contribution in [1.82, 2.24) is 19.7 Å². The fraction of sp³-hybridized carbons (Fsp3) is 0.652. The van der Waals surface area contributed by atoms with Crippen molar-refractivity contribution in [3.63, 3.8) is 0 Å². The SMILES string of the molecule is Cc1nn(C(C)(C)C#N)cc1Nc1ncc(Cl)c(OCC2CCC(C(C)(C)C)CC2)n1.